The number of fused-ring (bicyclic) bond motifs is 1. The number of para-hydroxylation sites is 2. The summed E-state index contributed by atoms with van der Waals surface area (Å²) in [6, 6.07) is 7.45. The smallest absolute Gasteiger partial charge is 0.408 e. The molecule has 1 fully saturated rings. The molecule has 1 aromatic carbocycles. The van der Waals surface area contributed by atoms with Crippen LogP contribution in [0.1, 0.15) is 12.8 Å². The summed E-state index contributed by atoms with van der Waals surface area (Å²) in [5.74, 6) is 0.405. The Balaban J connectivity index is 1.31. The predicted molar refractivity (Wildman–Crippen MR) is 98.6 cm³/mol. The quantitative estimate of drug-likeness (QED) is 0.633. The van der Waals surface area contributed by atoms with Crippen LogP contribution in [0.2, 0.25) is 0 Å². The fraction of sp³-hybridized carbons (Fsp3) is 0.438. The molecule has 1 aliphatic rings. The van der Waals surface area contributed by atoms with Gasteiger partial charge in [0.15, 0.2) is 9.92 Å². The third-order valence-electron chi connectivity index (χ3n) is 4.03. The van der Waals surface area contributed by atoms with Gasteiger partial charge in [0.25, 0.3) is 0 Å². The molecule has 0 amide bonds. The van der Waals surface area contributed by atoms with E-state index in [0.717, 1.165) is 46.7 Å². The number of hydrogen-bond acceptors (Lipinski definition) is 8. The summed E-state index contributed by atoms with van der Waals surface area (Å²) in [5, 5.41) is 12.4. The van der Waals surface area contributed by atoms with Crippen molar-refractivity contribution in [1.29, 1.82) is 0 Å². The van der Waals surface area contributed by atoms with Gasteiger partial charge in [-0.3, -0.25) is 4.57 Å². The zero-order valence-corrected chi connectivity index (χ0v) is 15.1. The molecule has 1 aliphatic heterocycles. The zero-order valence-electron chi connectivity index (χ0n) is 13.5. The highest BCUT2D eigenvalue weighted by Crippen LogP contribution is 2.26. The Morgan fingerprint density at radius 3 is 3.16 bits per heavy atom. The molecule has 4 rings (SSSR count). The summed E-state index contributed by atoms with van der Waals surface area (Å²) in [6.45, 7) is 2.19. The van der Waals surface area contributed by atoms with Crippen LogP contribution in [0.5, 0.6) is 0 Å². The van der Waals surface area contributed by atoms with Crippen molar-refractivity contribution in [2.75, 3.05) is 24.2 Å². The maximum absolute atomic E-state index is 11.9. The molecular formula is C16H18N4O3S2. The first-order valence-electron chi connectivity index (χ1n) is 8.20. The van der Waals surface area contributed by atoms with Crippen LogP contribution in [0.15, 0.2) is 37.8 Å². The average Bonchev–Trinajstić information content (AvgIpc) is 3.34. The number of aryl methyl sites for hydroxylation is 1. The van der Waals surface area contributed by atoms with E-state index in [1.165, 1.54) is 11.3 Å². The molecule has 2 aromatic heterocycles. The number of ether oxygens (including phenoxy) is 1. The maximum Gasteiger partial charge on any atom is 0.419 e. The Kier molecular flexibility index (Phi) is 5.04. The van der Waals surface area contributed by atoms with Crippen LogP contribution in [-0.4, -0.2) is 39.8 Å². The van der Waals surface area contributed by atoms with E-state index in [-0.39, 0.29) is 11.9 Å². The minimum Gasteiger partial charge on any atom is -0.408 e. The number of nitrogens with zero attached hydrogens (tertiary/aromatic N) is 3. The van der Waals surface area contributed by atoms with E-state index >= 15 is 0 Å². The second-order valence-electron chi connectivity index (χ2n) is 5.72. The minimum atomic E-state index is -0.321. The van der Waals surface area contributed by atoms with Crippen LogP contribution >= 0.6 is 23.1 Å². The summed E-state index contributed by atoms with van der Waals surface area (Å²) in [5.41, 5.74) is 1.44. The highest BCUT2D eigenvalue weighted by Gasteiger charge is 2.16. The van der Waals surface area contributed by atoms with Gasteiger partial charge in [-0.2, -0.15) is 0 Å². The number of anilines is 1. The predicted octanol–water partition coefficient (Wildman–Crippen LogP) is 2.83. The van der Waals surface area contributed by atoms with Crippen LogP contribution < -0.4 is 11.1 Å². The van der Waals surface area contributed by atoms with Crippen molar-refractivity contribution < 1.29 is 9.15 Å². The highest BCUT2D eigenvalue weighted by molar-refractivity contribution is 8.01. The van der Waals surface area contributed by atoms with Gasteiger partial charge in [-0.25, -0.2) is 4.79 Å². The second kappa shape index (κ2) is 7.59. The Hall–Kier alpha value is -1.84. The first-order valence-corrected chi connectivity index (χ1v) is 10.00. The van der Waals surface area contributed by atoms with Gasteiger partial charge in [-0.05, 0) is 25.0 Å². The van der Waals surface area contributed by atoms with Gasteiger partial charge < -0.3 is 14.5 Å². The summed E-state index contributed by atoms with van der Waals surface area (Å²) in [7, 11) is 0. The Morgan fingerprint density at radius 2 is 2.28 bits per heavy atom. The monoisotopic (exact) mass is 378 g/mol. The number of benzene rings is 1. The topological polar surface area (TPSA) is 82.2 Å². The summed E-state index contributed by atoms with van der Waals surface area (Å²) in [6.07, 6.45) is 2.51. The normalized spacial score (nSPS) is 17.4. The minimum absolute atomic E-state index is 0.279. The molecule has 1 atom stereocenters. The van der Waals surface area contributed by atoms with E-state index in [1.807, 2.05) is 18.2 Å². The number of aromatic nitrogens is 3. The van der Waals surface area contributed by atoms with Gasteiger partial charge in [-0.15, -0.1) is 10.2 Å². The number of oxazole rings is 1. The Morgan fingerprint density at radius 1 is 1.36 bits per heavy atom. The van der Waals surface area contributed by atoms with Gasteiger partial charge in [0.1, 0.15) is 0 Å². The summed E-state index contributed by atoms with van der Waals surface area (Å²) < 4.78 is 13.4. The zero-order chi connectivity index (χ0) is 17.1. The van der Waals surface area contributed by atoms with E-state index in [0.29, 0.717) is 12.1 Å². The van der Waals surface area contributed by atoms with Crippen LogP contribution in [0, 0.1) is 0 Å². The first kappa shape index (κ1) is 16.6. The lowest BCUT2D eigenvalue weighted by molar-refractivity contribution is 0.120. The number of hydrogen-bond donors (Lipinski definition) is 1. The van der Waals surface area contributed by atoms with Crippen LogP contribution in [0.3, 0.4) is 0 Å². The van der Waals surface area contributed by atoms with E-state index in [9.17, 15) is 4.79 Å². The molecule has 9 heteroatoms. The fourth-order valence-electron chi connectivity index (χ4n) is 2.80. The third-order valence-corrected chi connectivity index (χ3v) is 6.02. The summed E-state index contributed by atoms with van der Waals surface area (Å²) in [4.78, 5) is 11.9. The molecule has 3 heterocycles. The molecule has 25 heavy (non-hydrogen) atoms. The van der Waals surface area contributed by atoms with Gasteiger partial charge in [0.05, 0.1) is 11.6 Å². The molecule has 1 N–H and O–H groups in total. The molecule has 0 aliphatic carbocycles. The average molecular weight is 378 g/mol. The van der Waals surface area contributed by atoms with Crippen molar-refractivity contribution in [2.45, 2.75) is 29.8 Å². The Bertz CT molecular complexity index is 898. The molecule has 0 saturated carbocycles. The number of nitrogens with one attached hydrogen (secondary N) is 1. The molecule has 0 spiro atoms. The van der Waals surface area contributed by atoms with Crippen molar-refractivity contribution in [3.8, 4) is 0 Å². The van der Waals surface area contributed by atoms with Crippen LogP contribution in [0.25, 0.3) is 11.1 Å². The third kappa shape index (κ3) is 3.88. The van der Waals surface area contributed by atoms with Crippen LogP contribution in [0.4, 0.5) is 5.13 Å². The van der Waals surface area contributed by atoms with E-state index in [1.54, 1.807) is 22.4 Å². The molecule has 132 valence electrons. The summed E-state index contributed by atoms with van der Waals surface area (Å²) >= 11 is 3.11. The Labute approximate surface area is 152 Å². The number of thioether (sulfide) groups is 1. The van der Waals surface area contributed by atoms with Crippen molar-refractivity contribution in [3.63, 3.8) is 0 Å². The molecule has 0 bridgehead atoms. The number of rotatable bonds is 7. The molecule has 7 nitrogen and oxygen atoms in total. The lowest BCUT2D eigenvalue weighted by Gasteiger charge is -2.08. The largest absolute Gasteiger partial charge is 0.419 e. The standard InChI is InChI=1S/C16H18N4O3S2/c21-16-20(12-5-1-2-6-13(12)23-16)7-9-24-15-19-18-14(25-15)17-10-11-4-3-8-22-11/h1-2,5-6,11H,3-4,7-10H2,(H,17,18). The second-order valence-corrected chi connectivity index (χ2v) is 8.04. The van der Waals surface area contributed by atoms with Crippen molar-refractivity contribution >= 4 is 39.3 Å². The van der Waals surface area contributed by atoms with E-state index in [2.05, 4.69) is 15.5 Å². The van der Waals surface area contributed by atoms with Gasteiger partial charge in [0, 0.05) is 25.4 Å². The molecule has 1 unspecified atom stereocenters. The molecule has 1 saturated heterocycles. The molecular weight excluding hydrogens is 360 g/mol. The lowest BCUT2D eigenvalue weighted by atomic mass is 10.2. The molecule has 3 aromatic rings. The lowest BCUT2D eigenvalue weighted by Crippen LogP contribution is -2.18. The van der Waals surface area contributed by atoms with Gasteiger partial charge in [0.2, 0.25) is 5.13 Å². The van der Waals surface area contributed by atoms with Crippen LogP contribution in [-0.2, 0) is 11.3 Å². The van der Waals surface area contributed by atoms with Crippen molar-refractivity contribution in [2.24, 2.45) is 0 Å². The van der Waals surface area contributed by atoms with Crippen molar-refractivity contribution in [3.05, 3.63) is 34.8 Å². The van der Waals surface area contributed by atoms with Gasteiger partial charge in [-0.1, -0.05) is 35.2 Å². The molecule has 0 radical (unpaired) electrons. The maximum atomic E-state index is 11.9. The van der Waals surface area contributed by atoms with Crippen molar-refractivity contribution in [1.82, 2.24) is 14.8 Å². The van der Waals surface area contributed by atoms with Gasteiger partial charge >= 0.3 is 5.76 Å². The first-order chi connectivity index (χ1) is 12.3. The van der Waals surface area contributed by atoms with E-state index < -0.39 is 0 Å². The highest BCUT2D eigenvalue weighted by atomic mass is 32.2. The fourth-order valence-corrected chi connectivity index (χ4v) is 4.55. The van der Waals surface area contributed by atoms with E-state index in [4.69, 9.17) is 9.15 Å². The SMILES string of the molecule is O=c1oc2ccccc2n1CCSc1nnc(NCC2CCCO2)s1.